The molecule has 2 aliphatic heterocycles. The van der Waals surface area contributed by atoms with Crippen LogP contribution in [0, 0.1) is 0 Å². The number of carboxylic acid groups (broad SMARTS) is 1. The molecule has 1 aromatic carbocycles. The first-order chi connectivity index (χ1) is 14.1. The highest BCUT2D eigenvalue weighted by Crippen LogP contribution is 2.47. The van der Waals surface area contributed by atoms with Crippen molar-refractivity contribution in [3.63, 3.8) is 0 Å². The van der Waals surface area contributed by atoms with Crippen LogP contribution in [0.2, 0.25) is 0 Å². The van der Waals surface area contributed by atoms with E-state index in [1.807, 2.05) is 18.0 Å². The topological polar surface area (TPSA) is 65.8 Å². The van der Waals surface area contributed by atoms with E-state index in [9.17, 15) is 18.0 Å². The van der Waals surface area contributed by atoms with Gasteiger partial charge in [0.15, 0.2) is 0 Å². The average Bonchev–Trinajstić information content (AvgIpc) is 3.19. The summed E-state index contributed by atoms with van der Waals surface area (Å²) in [6, 6.07) is 12.6. The normalized spacial score (nSPS) is 18.2. The maximum absolute atomic E-state index is 12.9. The predicted octanol–water partition coefficient (Wildman–Crippen LogP) is 3.17. The molecule has 0 radical (unpaired) electrons. The number of likely N-dealkylation sites (N-methyl/N-ethyl adjacent to an activating group) is 1. The van der Waals surface area contributed by atoms with Gasteiger partial charge < -0.3 is 14.6 Å². The molecule has 0 unspecified atom stereocenters. The molecule has 0 saturated carbocycles. The van der Waals surface area contributed by atoms with Crippen molar-refractivity contribution in [2.75, 3.05) is 25.0 Å². The number of amides is 1. The van der Waals surface area contributed by atoms with Gasteiger partial charge in [-0.3, -0.25) is 9.69 Å². The van der Waals surface area contributed by atoms with Crippen molar-refractivity contribution in [1.82, 2.24) is 9.47 Å². The Bertz CT molecular complexity index is 931. The molecular formula is C21H24F3N3O3. The Morgan fingerprint density at radius 2 is 1.70 bits per heavy atom. The second-order valence-electron chi connectivity index (χ2n) is 7.65. The first kappa shape index (κ1) is 21.9. The minimum Gasteiger partial charge on any atom is -0.475 e. The fourth-order valence-electron chi connectivity index (χ4n) is 4.18. The quantitative estimate of drug-likeness (QED) is 0.806. The second kappa shape index (κ2) is 8.14. The fraction of sp³-hybridized carbons (Fsp3) is 0.429. The van der Waals surface area contributed by atoms with Gasteiger partial charge in [0.05, 0.1) is 5.41 Å². The Hall–Kier alpha value is -2.81. The number of fused-ring (bicyclic) bond motifs is 2. The standard InChI is InChI=1S/C19H23N3O.C2HF3O2/c1-20-11-5-6-15(20)14-22-12-9-19(10-13-22)16-7-3-4-8-17(16)21(2)18(19)23;3-2(4,5)1(6)7/h3-8,11H,9-10,12-14H2,1-2H3;(H,6,7). The van der Waals surface area contributed by atoms with E-state index in [1.165, 1.54) is 11.3 Å². The van der Waals surface area contributed by atoms with Crippen molar-refractivity contribution in [1.29, 1.82) is 0 Å². The van der Waals surface area contributed by atoms with Gasteiger partial charge in [0.25, 0.3) is 0 Å². The van der Waals surface area contributed by atoms with Gasteiger partial charge in [-0.25, -0.2) is 4.79 Å². The lowest BCUT2D eigenvalue weighted by Gasteiger charge is -2.38. The molecule has 1 aromatic heterocycles. The number of carboxylic acids is 1. The molecule has 9 heteroatoms. The molecule has 1 saturated heterocycles. The number of piperidine rings is 1. The predicted molar refractivity (Wildman–Crippen MR) is 105 cm³/mol. The highest BCUT2D eigenvalue weighted by Gasteiger charge is 2.50. The largest absolute Gasteiger partial charge is 0.490 e. The molecule has 1 fully saturated rings. The summed E-state index contributed by atoms with van der Waals surface area (Å²) in [6.07, 6.45) is -1.16. The Morgan fingerprint density at radius 3 is 2.23 bits per heavy atom. The molecule has 1 amide bonds. The minimum absolute atomic E-state index is 0.275. The van der Waals surface area contributed by atoms with Gasteiger partial charge in [-0.05, 0) is 49.7 Å². The van der Waals surface area contributed by atoms with Gasteiger partial charge in [0.1, 0.15) is 0 Å². The molecule has 1 spiro atoms. The molecule has 3 heterocycles. The first-order valence-electron chi connectivity index (χ1n) is 9.56. The van der Waals surface area contributed by atoms with E-state index in [4.69, 9.17) is 9.90 Å². The first-order valence-corrected chi connectivity index (χ1v) is 9.56. The van der Waals surface area contributed by atoms with Crippen LogP contribution in [0.15, 0.2) is 42.6 Å². The van der Waals surface area contributed by atoms with Crippen LogP contribution >= 0.6 is 0 Å². The van der Waals surface area contributed by atoms with Crippen LogP contribution in [0.4, 0.5) is 18.9 Å². The highest BCUT2D eigenvalue weighted by molar-refractivity contribution is 6.07. The van der Waals surface area contributed by atoms with Crippen LogP contribution in [0.25, 0.3) is 0 Å². The number of aromatic nitrogens is 1. The monoisotopic (exact) mass is 423 g/mol. The number of hydrogen-bond acceptors (Lipinski definition) is 3. The molecule has 0 atom stereocenters. The number of hydrogen-bond donors (Lipinski definition) is 1. The summed E-state index contributed by atoms with van der Waals surface area (Å²) in [7, 11) is 4.00. The van der Waals surface area contributed by atoms with Crippen LogP contribution in [-0.4, -0.2) is 52.8 Å². The van der Waals surface area contributed by atoms with E-state index < -0.39 is 12.1 Å². The number of carbonyl (C=O) groups is 2. The summed E-state index contributed by atoms with van der Waals surface area (Å²) in [5.74, 6) is -2.48. The molecular weight excluding hydrogens is 399 g/mol. The van der Waals surface area contributed by atoms with Crippen molar-refractivity contribution >= 4 is 17.6 Å². The van der Waals surface area contributed by atoms with Crippen LogP contribution in [0.1, 0.15) is 24.1 Å². The SMILES string of the molecule is CN1C(=O)C2(CCN(Cc3cccn3C)CC2)c2ccccc21.O=C(O)C(F)(F)F. The Morgan fingerprint density at radius 1 is 1.10 bits per heavy atom. The summed E-state index contributed by atoms with van der Waals surface area (Å²) in [4.78, 5) is 26.1. The van der Waals surface area contributed by atoms with Gasteiger partial charge >= 0.3 is 12.1 Å². The Labute approximate surface area is 172 Å². The van der Waals surface area contributed by atoms with Crippen LogP contribution in [-0.2, 0) is 28.6 Å². The Balaban J connectivity index is 0.000000318. The number of benzene rings is 1. The number of likely N-dealkylation sites (tertiary alicyclic amines) is 1. The molecule has 162 valence electrons. The summed E-state index contributed by atoms with van der Waals surface area (Å²) in [6.45, 7) is 2.91. The maximum atomic E-state index is 12.9. The van der Waals surface area contributed by atoms with Crippen LogP contribution in [0.3, 0.4) is 0 Å². The molecule has 0 bridgehead atoms. The van der Waals surface area contributed by atoms with E-state index in [2.05, 4.69) is 53.0 Å². The van der Waals surface area contributed by atoms with Gasteiger partial charge in [0.2, 0.25) is 5.91 Å². The van der Waals surface area contributed by atoms with Gasteiger partial charge in [0, 0.05) is 38.2 Å². The Kier molecular flexibility index (Phi) is 5.94. The molecule has 1 N–H and O–H groups in total. The number of alkyl halides is 3. The van der Waals surface area contributed by atoms with Crippen molar-refractivity contribution in [2.24, 2.45) is 7.05 Å². The number of anilines is 1. The molecule has 4 rings (SSSR count). The fourth-order valence-corrected chi connectivity index (χ4v) is 4.18. The molecule has 2 aliphatic rings. The zero-order valence-corrected chi connectivity index (χ0v) is 16.8. The van der Waals surface area contributed by atoms with Crippen molar-refractivity contribution < 1.29 is 27.9 Å². The van der Waals surface area contributed by atoms with Gasteiger partial charge in [-0.2, -0.15) is 13.2 Å². The number of aryl methyl sites for hydroxylation is 1. The smallest absolute Gasteiger partial charge is 0.475 e. The number of para-hydroxylation sites is 1. The summed E-state index contributed by atoms with van der Waals surface area (Å²) < 4.78 is 33.9. The minimum atomic E-state index is -5.08. The third kappa shape index (κ3) is 4.07. The summed E-state index contributed by atoms with van der Waals surface area (Å²) in [5, 5.41) is 7.12. The maximum Gasteiger partial charge on any atom is 0.490 e. The zero-order chi connectivity index (χ0) is 22.1. The molecule has 0 aliphatic carbocycles. The third-order valence-corrected chi connectivity index (χ3v) is 5.88. The van der Waals surface area contributed by atoms with Gasteiger partial charge in [-0.15, -0.1) is 0 Å². The second-order valence-corrected chi connectivity index (χ2v) is 7.65. The number of aliphatic carboxylic acids is 1. The van der Waals surface area contributed by atoms with E-state index in [0.717, 1.165) is 38.2 Å². The van der Waals surface area contributed by atoms with E-state index in [1.54, 1.807) is 0 Å². The number of carbonyl (C=O) groups excluding carboxylic acids is 1. The average molecular weight is 423 g/mol. The molecule has 2 aromatic rings. The summed E-state index contributed by atoms with van der Waals surface area (Å²) >= 11 is 0. The molecule has 6 nitrogen and oxygen atoms in total. The lowest BCUT2D eigenvalue weighted by molar-refractivity contribution is -0.192. The van der Waals surface area contributed by atoms with Crippen molar-refractivity contribution in [2.45, 2.75) is 31.0 Å². The summed E-state index contributed by atoms with van der Waals surface area (Å²) in [5.41, 5.74) is 3.35. The number of rotatable bonds is 2. The lowest BCUT2D eigenvalue weighted by atomic mass is 9.73. The lowest BCUT2D eigenvalue weighted by Crippen LogP contribution is -2.47. The number of nitrogens with zero attached hydrogens (tertiary/aromatic N) is 3. The zero-order valence-electron chi connectivity index (χ0n) is 16.8. The number of halogens is 3. The van der Waals surface area contributed by atoms with Gasteiger partial charge in [-0.1, -0.05) is 18.2 Å². The van der Waals surface area contributed by atoms with Crippen molar-refractivity contribution in [3.05, 3.63) is 53.9 Å². The van der Waals surface area contributed by atoms with E-state index in [-0.39, 0.29) is 11.3 Å². The van der Waals surface area contributed by atoms with Crippen LogP contribution < -0.4 is 4.90 Å². The van der Waals surface area contributed by atoms with Crippen molar-refractivity contribution in [3.8, 4) is 0 Å². The third-order valence-electron chi connectivity index (χ3n) is 5.88. The molecule has 30 heavy (non-hydrogen) atoms. The van der Waals surface area contributed by atoms with E-state index >= 15 is 0 Å². The highest BCUT2D eigenvalue weighted by atomic mass is 19.4. The van der Waals surface area contributed by atoms with Crippen LogP contribution in [0.5, 0.6) is 0 Å². The van der Waals surface area contributed by atoms with E-state index in [0.29, 0.717) is 0 Å².